The second-order valence-corrected chi connectivity index (χ2v) is 4.43. The van der Waals surface area contributed by atoms with Crippen LogP contribution in [-0.4, -0.2) is 27.6 Å². The van der Waals surface area contributed by atoms with Gasteiger partial charge in [0, 0.05) is 18.2 Å². The second-order valence-electron chi connectivity index (χ2n) is 4.43. The number of fused-ring (bicyclic) bond motifs is 2. The Morgan fingerprint density at radius 2 is 2.19 bits per heavy atom. The molecule has 2 aromatic rings. The minimum atomic E-state index is -1.34. The van der Waals surface area contributed by atoms with Gasteiger partial charge in [0.1, 0.15) is 0 Å². The van der Waals surface area contributed by atoms with Crippen LogP contribution in [0.15, 0.2) is 10.9 Å². The van der Waals surface area contributed by atoms with Gasteiger partial charge in [-0.05, 0) is 13.8 Å². The number of ether oxygens (including phenoxy) is 2. The normalized spacial score (nSPS) is 12.3. The average molecular weight is 312 g/mol. The number of aryl methyl sites for hydroxylation is 2. The zero-order chi connectivity index (χ0) is 14.4. The number of carboxylic acid groups (broad SMARTS) is 1. The molecule has 2 heterocycles. The van der Waals surface area contributed by atoms with Gasteiger partial charge in [0.2, 0.25) is 17.9 Å². The number of hydrogen-bond acceptors (Lipinski definition) is 5. The molecule has 0 radical (unpaired) electrons. The number of halogens is 1. The zero-order valence-electron chi connectivity index (χ0n) is 11.3. The lowest BCUT2D eigenvalue weighted by Crippen LogP contribution is -3.00. The summed E-state index contributed by atoms with van der Waals surface area (Å²) in [5.41, 5.74) is 0.0330. The average Bonchev–Trinajstić information content (AvgIpc) is 2.87. The number of hydrogen-bond donors (Lipinski definition) is 1. The Bertz CT molecular complexity index is 799. The van der Waals surface area contributed by atoms with Crippen LogP contribution in [0.5, 0.6) is 11.5 Å². The highest BCUT2D eigenvalue weighted by atomic mass is 35.5. The van der Waals surface area contributed by atoms with Crippen LogP contribution in [0.25, 0.3) is 10.9 Å². The molecule has 0 bridgehead atoms. The molecule has 1 aliphatic heterocycles. The lowest BCUT2D eigenvalue weighted by atomic mass is 10.1. The van der Waals surface area contributed by atoms with Crippen LogP contribution in [0.4, 0.5) is 0 Å². The summed E-state index contributed by atoms with van der Waals surface area (Å²) in [7, 11) is 0. The van der Waals surface area contributed by atoms with Crippen molar-refractivity contribution in [1.29, 1.82) is 0 Å². The largest absolute Gasteiger partial charge is 1.00 e. The number of rotatable bonds is 2. The van der Waals surface area contributed by atoms with Gasteiger partial charge in [0.15, 0.2) is 11.5 Å². The Morgan fingerprint density at radius 3 is 2.81 bits per heavy atom. The molecule has 0 aliphatic carbocycles. The van der Waals surface area contributed by atoms with E-state index in [1.54, 1.807) is 13.0 Å². The van der Waals surface area contributed by atoms with Gasteiger partial charge in [-0.2, -0.15) is 5.10 Å². The Morgan fingerprint density at radius 1 is 1.48 bits per heavy atom. The summed E-state index contributed by atoms with van der Waals surface area (Å²) in [6.45, 7) is 4.06. The third kappa shape index (κ3) is 2.09. The SMILES string of the molecule is CCn1nc(C(=O)O)c(=O)c2c(C)c3c(cc21)OCO3.[Cl-]. The quantitative estimate of drug-likeness (QED) is 0.700. The van der Waals surface area contributed by atoms with E-state index in [-0.39, 0.29) is 19.2 Å². The number of carbonyl (C=O) groups is 1. The molecular formula is C13H12ClN2O5-. The van der Waals surface area contributed by atoms with Gasteiger partial charge in [0.05, 0.1) is 10.9 Å². The maximum Gasteiger partial charge on any atom is 0.360 e. The highest BCUT2D eigenvalue weighted by Gasteiger charge is 2.24. The third-order valence-electron chi connectivity index (χ3n) is 3.32. The standard InChI is InChI=1S/C13H12N2O5.ClH/c1-3-15-7-4-8-12(20-5-19-8)6(2)9(7)11(16)10(14-15)13(17)18;/h4H,3,5H2,1-2H3,(H,17,18);1H/p-1. The van der Waals surface area contributed by atoms with Gasteiger partial charge in [-0.1, -0.05) is 0 Å². The van der Waals surface area contributed by atoms with Crippen molar-refractivity contribution in [3.05, 3.63) is 27.5 Å². The van der Waals surface area contributed by atoms with Crippen molar-refractivity contribution in [2.75, 3.05) is 6.79 Å². The topological polar surface area (TPSA) is 90.7 Å². The van der Waals surface area contributed by atoms with Crippen molar-refractivity contribution in [3.8, 4) is 11.5 Å². The summed E-state index contributed by atoms with van der Waals surface area (Å²) in [4.78, 5) is 23.5. The van der Waals surface area contributed by atoms with Crippen molar-refractivity contribution in [3.63, 3.8) is 0 Å². The Hall–Kier alpha value is -2.28. The minimum absolute atomic E-state index is 0. The summed E-state index contributed by atoms with van der Waals surface area (Å²) in [5, 5.41) is 13.3. The van der Waals surface area contributed by atoms with E-state index in [1.807, 2.05) is 6.92 Å². The van der Waals surface area contributed by atoms with Gasteiger partial charge in [-0.3, -0.25) is 9.48 Å². The smallest absolute Gasteiger partial charge is 0.360 e. The number of carboxylic acids is 1. The molecule has 0 saturated heterocycles. The first-order chi connectivity index (χ1) is 9.54. The third-order valence-corrected chi connectivity index (χ3v) is 3.32. The zero-order valence-corrected chi connectivity index (χ0v) is 12.1. The molecule has 0 fully saturated rings. The van der Waals surface area contributed by atoms with Gasteiger partial charge in [0.25, 0.3) is 0 Å². The maximum absolute atomic E-state index is 12.3. The number of aromatic nitrogens is 2. The Balaban J connectivity index is 0.00000161. The van der Waals surface area contributed by atoms with Crippen LogP contribution in [0, 0.1) is 6.92 Å². The molecule has 3 rings (SSSR count). The van der Waals surface area contributed by atoms with Crippen LogP contribution in [0.1, 0.15) is 23.0 Å². The molecule has 0 saturated carbocycles. The van der Waals surface area contributed by atoms with E-state index in [4.69, 9.17) is 14.6 Å². The van der Waals surface area contributed by atoms with Crippen molar-refractivity contribution in [1.82, 2.24) is 9.78 Å². The summed E-state index contributed by atoms with van der Waals surface area (Å²) in [6.07, 6.45) is 0. The van der Waals surface area contributed by atoms with E-state index in [0.717, 1.165) is 0 Å². The number of nitrogens with zero attached hydrogens (tertiary/aromatic N) is 2. The van der Waals surface area contributed by atoms with Crippen molar-refractivity contribution in [2.45, 2.75) is 20.4 Å². The van der Waals surface area contributed by atoms with Crippen LogP contribution in [0.2, 0.25) is 0 Å². The molecule has 112 valence electrons. The first-order valence-corrected chi connectivity index (χ1v) is 6.12. The minimum Gasteiger partial charge on any atom is -1.00 e. The predicted molar refractivity (Wildman–Crippen MR) is 69.5 cm³/mol. The van der Waals surface area contributed by atoms with Crippen molar-refractivity contribution < 1.29 is 31.8 Å². The van der Waals surface area contributed by atoms with E-state index in [1.165, 1.54) is 4.68 Å². The van der Waals surface area contributed by atoms with Crippen LogP contribution in [0.3, 0.4) is 0 Å². The highest BCUT2D eigenvalue weighted by molar-refractivity contribution is 5.93. The van der Waals surface area contributed by atoms with E-state index in [9.17, 15) is 9.59 Å². The lowest BCUT2D eigenvalue weighted by Gasteiger charge is -2.11. The highest BCUT2D eigenvalue weighted by Crippen LogP contribution is 2.39. The molecule has 1 aliphatic rings. The van der Waals surface area contributed by atoms with Crippen LogP contribution >= 0.6 is 0 Å². The van der Waals surface area contributed by atoms with Crippen molar-refractivity contribution in [2.24, 2.45) is 0 Å². The van der Waals surface area contributed by atoms with Gasteiger partial charge in [-0.15, -0.1) is 0 Å². The fraction of sp³-hybridized carbons (Fsp3) is 0.308. The monoisotopic (exact) mass is 311 g/mol. The second kappa shape index (κ2) is 5.25. The number of benzene rings is 1. The maximum atomic E-state index is 12.3. The van der Waals surface area contributed by atoms with Crippen molar-refractivity contribution >= 4 is 16.9 Å². The van der Waals surface area contributed by atoms with E-state index >= 15 is 0 Å². The molecule has 8 heteroatoms. The molecular weight excluding hydrogens is 300 g/mol. The van der Waals surface area contributed by atoms with E-state index < -0.39 is 17.1 Å². The summed E-state index contributed by atoms with van der Waals surface area (Å²) in [6, 6.07) is 1.66. The molecule has 0 atom stereocenters. The first-order valence-electron chi connectivity index (χ1n) is 6.12. The summed E-state index contributed by atoms with van der Waals surface area (Å²) < 4.78 is 12.1. The number of aromatic carboxylic acids is 1. The summed E-state index contributed by atoms with van der Waals surface area (Å²) in [5.74, 6) is -0.308. The fourth-order valence-electron chi connectivity index (χ4n) is 2.40. The van der Waals surface area contributed by atoms with E-state index in [0.29, 0.717) is 34.5 Å². The molecule has 1 N–H and O–H groups in total. The molecule has 21 heavy (non-hydrogen) atoms. The predicted octanol–water partition coefficient (Wildman–Crippen LogP) is -1.84. The lowest BCUT2D eigenvalue weighted by molar-refractivity contribution is -0.0000213. The Kier molecular flexibility index (Phi) is 3.78. The molecule has 7 nitrogen and oxygen atoms in total. The molecule has 0 amide bonds. The Labute approximate surface area is 125 Å². The molecule has 1 aromatic carbocycles. The van der Waals surface area contributed by atoms with Gasteiger partial charge in [-0.25, -0.2) is 4.79 Å². The van der Waals surface area contributed by atoms with Crippen LogP contribution in [-0.2, 0) is 6.54 Å². The van der Waals surface area contributed by atoms with E-state index in [2.05, 4.69) is 5.10 Å². The van der Waals surface area contributed by atoms with Gasteiger partial charge < -0.3 is 27.0 Å². The van der Waals surface area contributed by atoms with Crippen LogP contribution < -0.4 is 27.3 Å². The molecule has 1 aromatic heterocycles. The summed E-state index contributed by atoms with van der Waals surface area (Å²) >= 11 is 0. The fourth-order valence-corrected chi connectivity index (χ4v) is 2.40. The molecule has 0 unspecified atom stereocenters. The van der Waals surface area contributed by atoms with Gasteiger partial charge >= 0.3 is 5.97 Å². The first kappa shape index (κ1) is 15.1. The molecule has 0 spiro atoms.